The number of hydrogen-bond acceptors (Lipinski definition) is 3. The molecule has 0 bridgehead atoms. The van der Waals surface area contributed by atoms with Crippen molar-refractivity contribution in [2.45, 2.75) is 12.8 Å². The highest BCUT2D eigenvalue weighted by molar-refractivity contribution is 6.30. The molecule has 6 heteroatoms. The zero-order valence-electron chi connectivity index (χ0n) is 9.48. The van der Waals surface area contributed by atoms with E-state index in [9.17, 15) is 4.79 Å². The Bertz CT molecular complexity index is 580. The number of aromatic nitrogens is 2. The van der Waals surface area contributed by atoms with E-state index in [1.807, 2.05) is 18.2 Å². The fourth-order valence-electron chi connectivity index (χ4n) is 1.78. The second kappa shape index (κ2) is 5.10. The van der Waals surface area contributed by atoms with Crippen molar-refractivity contribution in [2.24, 2.45) is 0 Å². The van der Waals surface area contributed by atoms with E-state index in [-0.39, 0.29) is 11.4 Å². The molecule has 1 aromatic carbocycles. The van der Waals surface area contributed by atoms with Crippen molar-refractivity contribution in [3.8, 4) is 0 Å². The lowest BCUT2D eigenvalue weighted by Gasteiger charge is -2.02. The molecule has 0 aliphatic heterocycles. The van der Waals surface area contributed by atoms with Crippen LogP contribution in [0, 0.1) is 0 Å². The molecule has 0 unspecified atom stereocenters. The third kappa shape index (κ3) is 2.62. The Morgan fingerprint density at radius 1 is 1.44 bits per heavy atom. The fraction of sp³-hybridized carbons (Fsp3) is 0.167. The third-order valence-corrected chi connectivity index (χ3v) is 2.87. The van der Waals surface area contributed by atoms with Gasteiger partial charge in [0.25, 0.3) is 0 Å². The Kier molecular flexibility index (Phi) is 3.53. The molecule has 5 nitrogen and oxygen atoms in total. The number of aromatic amines is 1. The second-order valence-electron chi connectivity index (χ2n) is 3.90. The second-order valence-corrected chi connectivity index (χ2v) is 4.33. The zero-order chi connectivity index (χ0) is 13.1. The van der Waals surface area contributed by atoms with Gasteiger partial charge in [0.2, 0.25) is 0 Å². The minimum atomic E-state index is -1.07. The summed E-state index contributed by atoms with van der Waals surface area (Å²) >= 11 is 5.88. The number of nitrogen functional groups attached to an aromatic ring is 1. The van der Waals surface area contributed by atoms with Gasteiger partial charge in [0.05, 0.1) is 5.69 Å². The minimum absolute atomic E-state index is 0.0172. The van der Waals surface area contributed by atoms with E-state index in [0.29, 0.717) is 23.6 Å². The van der Waals surface area contributed by atoms with Crippen molar-refractivity contribution in [1.82, 2.24) is 10.2 Å². The molecule has 0 saturated heterocycles. The summed E-state index contributed by atoms with van der Waals surface area (Å²) in [6.07, 6.45) is 1.19. The van der Waals surface area contributed by atoms with Gasteiger partial charge in [0, 0.05) is 5.02 Å². The van der Waals surface area contributed by atoms with Crippen LogP contribution in [0.4, 0.5) is 5.82 Å². The number of carboxylic acids is 1. The molecule has 0 radical (unpaired) electrons. The van der Waals surface area contributed by atoms with Crippen LogP contribution < -0.4 is 5.73 Å². The SMILES string of the molecule is Nc1n[nH]c(CCc2cccc(Cl)c2)c1C(=O)O. The molecule has 0 fully saturated rings. The number of carbonyl (C=O) groups is 1. The molecular formula is C12H12ClN3O2. The molecule has 0 amide bonds. The highest BCUT2D eigenvalue weighted by Crippen LogP contribution is 2.17. The van der Waals surface area contributed by atoms with Gasteiger partial charge in [-0.2, -0.15) is 5.10 Å². The molecule has 0 atom stereocenters. The van der Waals surface area contributed by atoms with Gasteiger partial charge in [-0.15, -0.1) is 0 Å². The molecule has 1 heterocycles. The average molecular weight is 266 g/mol. The molecule has 0 spiro atoms. The molecule has 4 N–H and O–H groups in total. The van der Waals surface area contributed by atoms with Crippen molar-refractivity contribution in [1.29, 1.82) is 0 Å². The number of halogens is 1. The van der Waals surface area contributed by atoms with Crippen LogP contribution in [0.3, 0.4) is 0 Å². The summed E-state index contributed by atoms with van der Waals surface area (Å²) in [5, 5.41) is 16.0. The Morgan fingerprint density at radius 3 is 2.89 bits per heavy atom. The zero-order valence-corrected chi connectivity index (χ0v) is 10.2. The van der Waals surface area contributed by atoms with E-state index in [4.69, 9.17) is 22.4 Å². The van der Waals surface area contributed by atoms with Crippen LogP contribution in [0.25, 0.3) is 0 Å². The summed E-state index contributed by atoms with van der Waals surface area (Å²) in [5.41, 5.74) is 7.11. The van der Waals surface area contributed by atoms with Gasteiger partial charge < -0.3 is 10.8 Å². The Labute approximate surface area is 109 Å². The van der Waals surface area contributed by atoms with Crippen LogP contribution in [0.1, 0.15) is 21.6 Å². The van der Waals surface area contributed by atoms with Gasteiger partial charge in [-0.3, -0.25) is 5.10 Å². The summed E-state index contributed by atoms with van der Waals surface area (Å²) in [7, 11) is 0. The number of anilines is 1. The van der Waals surface area contributed by atoms with Crippen LogP contribution in [-0.2, 0) is 12.8 Å². The van der Waals surface area contributed by atoms with Crippen LogP contribution in [0.2, 0.25) is 5.02 Å². The first kappa shape index (κ1) is 12.4. The van der Waals surface area contributed by atoms with Crippen LogP contribution in [0.5, 0.6) is 0 Å². The first-order chi connectivity index (χ1) is 8.58. The van der Waals surface area contributed by atoms with E-state index in [2.05, 4.69) is 10.2 Å². The monoisotopic (exact) mass is 265 g/mol. The molecule has 0 aliphatic carbocycles. The molecule has 1 aromatic heterocycles. The Balaban J connectivity index is 2.13. The largest absolute Gasteiger partial charge is 0.477 e. The molecule has 18 heavy (non-hydrogen) atoms. The van der Waals surface area contributed by atoms with Crippen molar-refractivity contribution >= 4 is 23.4 Å². The minimum Gasteiger partial charge on any atom is -0.477 e. The highest BCUT2D eigenvalue weighted by atomic mass is 35.5. The van der Waals surface area contributed by atoms with Gasteiger partial charge in [-0.25, -0.2) is 4.79 Å². The normalized spacial score (nSPS) is 10.5. The lowest BCUT2D eigenvalue weighted by molar-refractivity contribution is 0.0697. The summed E-state index contributed by atoms with van der Waals surface area (Å²) in [6, 6.07) is 7.44. The number of benzene rings is 1. The van der Waals surface area contributed by atoms with E-state index < -0.39 is 5.97 Å². The Hall–Kier alpha value is -2.01. The molecular weight excluding hydrogens is 254 g/mol. The van der Waals surface area contributed by atoms with Crippen molar-refractivity contribution in [3.05, 3.63) is 46.1 Å². The van der Waals surface area contributed by atoms with Crippen LogP contribution >= 0.6 is 11.6 Å². The maximum absolute atomic E-state index is 11.0. The first-order valence-corrected chi connectivity index (χ1v) is 5.76. The van der Waals surface area contributed by atoms with Crippen molar-refractivity contribution < 1.29 is 9.90 Å². The highest BCUT2D eigenvalue weighted by Gasteiger charge is 2.17. The predicted octanol–water partition coefficient (Wildman–Crippen LogP) is 2.13. The first-order valence-electron chi connectivity index (χ1n) is 5.38. The number of carboxylic acid groups (broad SMARTS) is 1. The van der Waals surface area contributed by atoms with E-state index in [0.717, 1.165) is 5.56 Å². The van der Waals surface area contributed by atoms with Gasteiger partial charge in [-0.1, -0.05) is 23.7 Å². The number of H-pyrrole nitrogens is 1. The topological polar surface area (TPSA) is 92.0 Å². The summed E-state index contributed by atoms with van der Waals surface area (Å²) < 4.78 is 0. The molecule has 94 valence electrons. The van der Waals surface area contributed by atoms with Gasteiger partial charge in [-0.05, 0) is 30.5 Å². The van der Waals surface area contributed by atoms with Crippen molar-refractivity contribution in [2.75, 3.05) is 5.73 Å². The van der Waals surface area contributed by atoms with E-state index in [1.54, 1.807) is 6.07 Å². The molecule has 0 saturated carbocycles. The maximum atomic E-state index is 11.0. The number of aryl methyl sites for hydroxylation is 2. The number of hydrogen-bond donors (Lipinski definition) is 3. The van der Waals surface area contributed by atoms with E-state index >= 15 is 0 Å². The number of aromatic carboxylic acids is 1. The molecule has 0 aliphatic rings. The summed E-state index contributed by atoms with van der Waals surface area (Å²) in [6.45, 7) is 0. The smallest absolute Gasteiger partial charge is 0.341 e. The van der Waals surface area contributed by atoms with Gasteiger partial charge in [0.15, 0.2) is 5.82 Å². The number of rotatable bonds is 4. The predicted molar refractivity (Wildman–Crippen MR) is 68.8 cm³/mol. The summed E-state index contributed by atoms with van der Waals surface area (Å²) in [4.78, 5) is 11.0. The maximum Gasteiger partial charge on any atom is 0.341 e. The number of nitrogens with zero attached hydrogens (tertiary/aromatic N) is 1. The number of nitrogens with two attached hydrogens (primary N) is 1. The lowest BCUT2D eigenvalue weighted by Crippen LogP contribution is -2.04. The quantitative estimate of drug-likeness (QED) is 0.790. The molecule has 2 aromatic rings. The average Bonchev–Trinajstić information content (AvgIpc) is 2.68. The van der Waals surface area contributed by atoms with Crippen LogP contribution in [0.15, 0.2) is 24.3 Å². The van der Waals surface area contributed by atoms with Gasteiger partial charge in [0.1, 0.15) is 5.56 Å². The number of nitrogens with one attached hydrogen (secondary N) is 1. The van der Waals surface area contributed by atoms with E-state index in [1.165, 1.54) is 0 Å². The fourth-order valence-corrected chi connectivity index (χ4v) is 1.99. The van der Waals surface area contributed by atoms with Crippen molar-refractivity contribution in [3.63, 3.8) is 0 Å². The molecule has 2 rings (SSSR count). The lowest BCUT2D eigenvalue weighted by atomic mass is 10.1. The van der Waals surface area contributed by atoms with Gasteiger partial charge >= 0.3 is 5.97 Å². The Morgan fingerprint density at radius 2 is 2.22 bits per heavy atom. The standard InChI is InChI=1S/C12H12ClN3O2/c13-8-3-1-2-7(6-8)4-5-9-10(12(17)18)11(14)16-15-9/h1-3,6H,4-5H2,(H,17,18)(H3,14,15,16). The summed E-state index contributed by atoms with van der Waals surface area (Å²) in [5.74, 6) is -1.05. The third-order valence-electron chi connectivity index (χ3n) is 2.64. The van der Waals surface area contributed by atoms with Crippen LogP contribution in [-0.4, -0.2) is 21.3 Å².